The van der Waals surface area contributed by atoms with Crippen molar-refractivity contribution in [1.29, 1.82) is 0 Å². The summed E-state index contributed by atoms with van der Waals surface area (Å²) in [5.74, 6) is -0.627. The maximum atomic E-state index is 13.8. The monoisotopic (exact) mass is 283 g/mol. The van der Waals surface area contributed by atoms with E-state index < -0.39 is 11.4 Å². The molecule has 0 radical (unpaired) electrons. The van der Waals surface area contributed by atoms with Crippen LogP contribution in [-0.2, 0) is 0 Å². The summed E-state index contributed by atoms with van der Waals surface area (Å²) in [4.78, 5) is 14.0. The molecule has 1 aromatic carbocycles. The van der Waals surface area contributed by atoms with Crippen LogP contribution in [0.4, 0.5) is 4.39 Å². The molecule has 20 heavy (non-hydrogen) atoms. The number of aliphatic hydroxyl groups excluding tert-OH is 1. The minimum Gasteiger partial charge on any atom is -0.496 e. The van der Waals surface area contributed by atoms with Crippen molar-refractivity contribution in [2.45, 2.75) is 25.8 Å². The van der Waals surface area contributed by atoms with E-state index in [1.54, 1.807) is 6.07 Å². The number of carbonyl (C=O) groups excluding carboxylic acids is 1. The molecule has 0 spiro atoms. The molecule has 0 saturated carbocycles. The zero-order chi connectivity index (χ0) is 15.3. The van der Waals surface area contributed by atoms with Crippen LogP contribution in [0.15, 0.2) is 18.2 Å². The molecule has 0 unspecified atom stereocenters. The fraction of sp³-hybridized carbons (Fsp3) is 0.533. The van der Waals surface area contributed by atoms with Gasteiger partial charge in [-0.3, -0.25) is 9.69 Å². The van der Waals surface area contributed by atoms with Gasteiger partial charge in [0, 0.05) is 18.5 Å². The topological polar surface area (TPSA) is 49.8 Å². The highest BCUT2D eigenvalue weighted by Crippen LogP contribution is 2.23. The number of ether oxygens (including phenoxy) is 1. The fourth-order valence-electron chi connectivity index (χ4n) is 1.76. The summed E-state index contributed by atoms with van der Waals surface area (Å²) >= 11 is 0. The number of methoxy groups -OCH3 is 1. The molecule has 0 amide bonds. The standard InChI is InChI=1S/C15H22FNO3/c1-15(2,10-18)17(3)9-8-12(19)14-11(16)6-5-7-13(14)20-4/h5-7,18H,8-10H2,1-4H3. The maximum absolute atomic E-state index is 13.8. The van der Waals surface area contributed by atoms with Crippen molar-refractivity contribution < 1.29 is 19.0 Å². The van der Waals surface area contributed by atoms with E-state index in [0.717, 1.165) is 0 Å². The third-order valence-corrected chi connectivity index (χ3v) is 3.57. The molecule has 4 nitrogen and oxygen atoms in total. The van der Waals surface area contributed by atoms with Gasteiger partial charge in [-0.05, 0) is 33.0 Å². The van der Waals surface area contributed by atoms with Gasteiger partial charge in [-0.15, -0.1) is 0 Å². The summed E-state index contributed by atoms with van der Waals surface area (Å²) in [5.41, 5.74) is -0.426. The molecule has 0 fully saturated rings. The number of benzene rings is 1. The van der Waals surface area contributed by atoms with Crippen LogP contribution in [0, 0.1) is 5.82 Å². The zero-order valence-corrected chi connectivity index (χ0v) is 12.4. The molecule has 0 heterocycles. The molecule has 1 N–H and O–H groups in total. The normalized spacial score (nSPS) is 11.8. The molecular weight excluding hydrogens is 261 g/mol. The molecule has 0 aliphatic rings. The predicted molar refractivity (Wildman–Crippen MR) is 75.7 cm³/mol. The van der Waals surface area contributed by atoms with Gasteiger partial charge in [-0.2, -0.15) is 0 Å². The van der Waals surface area contributed by atoms with E-state index in [4.69, 9.17) is 4.74 Å². The lowest BCUT2D eigenvalue weighted by Crippen LogP contribution is -2.45. The van der Waals surface area contributed by atoms with Gasteiger partial charge in [0.1, 0.15) is 11.6 Å². The molecule has 0 aliphatic carbocycles. The Morgan fingerprint density at radius 2 is 2.10 bits per heavy atom. The number of nitrogens with zero attached hydrogens (tertiary/aromatic N) is 1. The molecule has 0 bridgehead atoms. The summed E-state index contributed by atoms with van der Waals surface area (Å²) in [6, 6.07) is 4.32. The Bertz CT molecular complexity index is 474. The lowest BCUT2D eigenvalue weighted by molar-refractivity contribution is 0.0723. The first-order valence-electron chi connectivity index (χ1n) is 6.51. The van der Waals surface area contributed by atoms with Gasteiger partial charge < -0.3 is 9.84 Å². The van der Waals surface area contributed by atoms with Crippen molar-refractivity contribution in [3.8, 4) is 5.75 Å². The molecule has 112 valence electrons. The number of hydrogen-bond acceptors (Lipinski definition) is 4. The van der Waals surface area contributed by atoms with E-state index >= 15 is 0 Å². The number of hydrogen-bond donors (Lipinski definition) is 1. The van der Waals surface area contributed by atoms with Gasteiger partial charge >= 0.3 is 0 Å². The summed E-state index contributed by atoms with van der Waals surface area (Å²) in [5, 5.41) is 9.27. The van der Waals surface area contributed by atoms with Crippen LogP contribution in [0.3, 0.4) is 0 Å². The summed E-state index contributed by atoms with van der Waals surface area (Å²) < 4.78 is 18.8. The number of Topliss-reactive ketones (excluding diaryl/α,β-unsaturated/α-hetero) is 1. The molecule has 1 aromatic rings. The number of rotatable bonds is 7. The van der Waals surface area contributed by atoms with Crippen molar-refractivity contribution in [1.82, 2.24) is 4.90 Å². The van der Waals surface area contributed by atoms with Gasteiger partial charge in [0.25, 0.3) is 0 Å². The molecule has 0 aliphatic heterocycles. The lowest BCUT2D eigenvalue weighted by Gasteiger charge is -2.33. The van der Waals surface area contributed by atoms with Gasteiger partial charge in [0.15, 0.2) is 5.78 Å². The van der Waals surface area contributed by atoms with Crippen LogP contribution in [0.25, 0.3) is 0 Å². The number of carbonyl (C=O) groups is 1. The van der Waals surface area contributed by atoms with Gasteiger partial charge in [0.2, 0.25) is 0 Å². The second kappa shape index (κ2) is 6.81. The Hall–Kier alpha value is -1.46. The smallest absolute Gasteiger partial charge is 0.170 e. The van der Waals surface area contributed by atoms with Crippen LogP contribution in [-0.4, -0.2) is 48.6 Å². The third-order valence-electron chi connectivity index (χ3n) is 3.57. The molecule has 1 rings (SSSR count). The quantitative estimate of drug-likeness (QED) is 0.779. The van der Waals surface area contributed by atoms with Gasteiger partial charge in [0.05, 0.1) is 19.3 Å². The number of aliphatic hydroxyl groups is 1. The minimum absolute atomic E-state index is 0.00907. The van der Waals surface area contributed by atoms with Crippen LogP contribution >= 0.6 is 0 Å². The Morgan fingerprint density at radius 1 is 1.45 bits per heavy atom. The SMILES string of the molecule is COc1cccc(F)c1C(=O)CCN(C)C(C)(C)CO. The first kappa shape index (κ1) is 16.6. The minimum atomic E-state index is -0.571. The molecule has 0 aromatic heterocycles. The molecule has 0 saturated heterocycles. The lowest BCUT2D eigenvalue weighted by atomic mass is 10.0. The third kappa shape index (κ3) is 3.77. The second-order valence-corrected chi connectivity index (χ2v) is 5.38. The van der Waals surface area contributed by atoms with Crippen molar-refractivity contribution >= 4 is 5.78 Å². The van der Waals surface area contributed by atoms with Crippen LogP contribution < -0.4 is 4.74 Å². The number of likely N-dealkylation sites (N-methyl/N-ethyl adjacent to an activating group) is 1. The van der Waals surface area contributed by atoms with E-state index in [1.807, 2.05) is 25.8 Å². The van der Waals surface area contributed by atoms with Crippen molar-refractivity contribution in [3.05, 3.63) is 29.6 Å². The maximum Gasteiger partial charge on any atom is 0.170 e. The van der Waals surface area contributed by atoms with Crippen molar-refractivity contribution in [3.63, 3.8) is 0 Å². The zero-order valence-electron chi connectivity index (χ0n) is 12.4. The molecule has 0 atom stereocenters. The highest BCUT2D eigenvalue weighted by Gasteiger charge is 2.24. The first-order chi connectivity index (χ1) is 9.33. The van der Waals surface area contributed by atoms with E-state index in [2.05, 4.69) is 0 Å². The summed E-state index contributed by atoms with van der Waals surface area (Å²) in [7, 11) is 3.23. The first-order valence-corrected chi connectivity index (χ1v) is 6.51. The van der Waals surface area contributed by atoms with E-state index in [0.29, 0.717) is 6.54 Å². The predicted octanol–water partition coefficient (Wildman–Crippen LogP) is 2.11. The highest BCUT2D eigenvalue weighted by atomic mass is 19.1. The van der Waals surface area contributed by atoms with E-state index in [-0.39, 0.29) is 30.1 Å². The van der Waals surface area contributed by atoms with Crippen LogP contribution in [0.5, 0.6) is 5.75 Å². The molecule has 5 heteroatoms. The summed E-state index contributed by atoms with van der Waals surface area (Å²) in [6.07, 6.45) is 0.164. The van der Waals surface area contributed by atoms with Gasteiger partial charge in [-0.1, -0.05) is 6.07 Å². The largest absolute Gasteiger partial charge is 0.496 e. The molecular formula is C15H22FNO3. The van der Waals surface area contributed by atoms with Gasteiger partial charge in [-0.25, -0.2) is 4.39 Å². The van der Waals surface area contributed by atoms with E-state index in [1.165, 1.54) is 19.2 Å². The van der Waals surface area contributed by atoms with Crippen molar-refractivity contribution in [2.75, 3.05) is 27.3 Å². The summed E-state index contributed by atoms with van der Waals surface area (Å²) in [6.45, 7) is 4.17. The Labute approximate surface area is 119 Å². The highest BCUT2D eigenvalue weighted by molar-refractivity contribution is 5.99. The average molecular weight is 283 g/mol. The average Bonchev–Trinajstić information content (AvgIpc) is 2.43. The number of ketones is 1. The van der Waals surface area contributed by atoms with Crippen LogP contribution in [0.2, 0.25) is 0 Å². The number of halogens is 1. The Balaban J connectivity index is 2.78. The van der Waals surface area contributed by atoms with Crippen molar-refractivity contribution in [2.24, 2.45) is 0 Å². The fourth-order valence-corrected chi connectivity index (χ4v) is 1.76. The Morgan fingerprint density at radius 3 is 2.65 bits per heavy atom. The van der Waals surface area contributed by atoms with E-state index in [9.17, 15) is 14.3 Å². The van der Waals surface area contributed by atoms with Crippen LogP contribution in [0.1, 0.15) is 30.6 Å². The second-order valence-electron chi connectivity index (χ2n) is 5.38. The Kier molecular flexibility index (Phi) is 5.65.